The molecule has 2 aromatic rings. The summed E-state index contributed by atoms with van der Waals surface area (Å²) in [6.45, 7) is 11.7. The highest BCUT2D eigenvalue weighted by Crippen LogP contribution is 2.26. The molecular weight excluding hydrogens is 442 g/mol. The first-order valence-corrected chi connectivity index (χ1v) is 10.8. The Morgan fingerprint density at radius 3 is 2.18 bits per heavy atom. The van der Waals surface area contributed by atoms with E-state index in [1.54, 1.807) is 19.2 Å². The van der Waals surface area contributed by atoms with Gasteiger partial charge in [-0.05, 0) is 37.4 Å². The van der Waals surface area contributed by atoms with Crippen LogP contribution in [0.4, 0.5) is 0 Å². The van der Waals surface area contributed by atoms with Crippen LogP contribution in [0.5, 0.6) is 5.75 Å². The zero-order valence-electron chi connectivity index (χ0n) is 20.2. The maximum Gasteiger partial charge on any atom is 0.374 e. The number of esters is 1. The van der Waals surface area contributed by atoms with Gasteiger partial charge in [-0.15, -0.1) is 0 Å². The van der Waals surface area contributed by atoms with Crippen molar-refractivity contribution >= 4 is 17.9 Å². The normalized spacial score (nSPS) is 11.1. The predicted octanol–water partition coefficient (Wildman–Crippen LogP) is 4.19. The molecule has 34 heavy (non-hydrogen) atoms. The van der Waals surface area contributed by atoms with E-state index >= 15 is 0 Å². The molecule has 1 heterocycles. The zero-order chi connectivity index (χ0) is 25.7. The van der Waals surface area contributed by atoms with Crippen molar-refractivity contribution in [2.24, 2.45) is 5.41 Å². The molecule has 0 bridgehead atoms. The van der Waals surface area contributed by atoms with Crippen LogP contribution in [0.25, 0.3) is 11.3 Å². The van der Waals surface area contributed by atoms with E-state index in [2.05, 4.69) is 32.6 Å². The summed E-state index contributed by atoms with van der Waals surface area (Å²) >= 11 is 0. The van der Waals surface area contributed by atoms with Crippen molar-refractivity contribution < 1.29 is 38.5 Å². The summed E-state index contributed by atoms with van der Waals surface area (Å²) in [4.78, 5) is 33.8. The second-order valence-electron chi connectivity index (χ2n) is 8.11. The predicted molar refractivity (Wildman–Crippen MR) is 127 cm³/mol. The van der Waals surface area contributed by atoms with E-state index in [0.29, 0.717) is 24.5 Å². The fourth-order valence-electron chi connectivity index (χ4n) is 2.95. The molecule has 2 N–H and O–H groups in total. The quantitative estimate of drug-likeness (QED) is 0.363. The Balaban J connectivity index is 0.000000620. The summed E-state index contributed by atoms with van der Waals surface area (Å²) in [5.74, 6) is -1.40. The lowest BCUT2D eigenvalue weighted by Gasteiger charge is -2.30. The van der Waals surface area contributed by atoms with Crippen molar-refractivity contribution in [1.29, 1.82) is 0 Å². The van der Waals surface area contributed by atoms with E-state index in [0.717, 1.165) is 30.9 Å². The van der Waals surface area contributed by atoms with Crippen LogP contribution in [0, 0.1) is 5.41 Å². The van der Waals surface area contributed by atoms with Gasteiger partial charge in [0.05, 0.1) is 13.7 Å². The first kappa shape index (κ1) is 28.4. The number of ether oxygens (including phenoxy) is 2. The highest BCUT2D eigenvalue weighted by Gasteiger charge is 2.24. The van der Waals surface area contributed by atoms with Gasteiger partial charge in [0.15, 0.2) is 0 Å². The maximum absolute atomic E-state index is 12.3. The van der Waals surface area contributed by atoms with E-state index < -0.39 is 17.9 Å². The number of carboxylic acids is 2. The second kappa shape index (κ2) is 13.8. The SMILES string of the molecule is CCN(CC)CC(C)(C)COC(=O)c1ccc(-c2cccc(OC)c2)o1.O=C(O)C=CC(=O)O. The Morgan fingerprint density at radius 1 is 1.03 bits per heavy atom. The first-order chi connectivity index (χ1) is 16.0. The van der Waals surface area contributed by atoms with E-state index in [4.69, 9.17) is 24.1 Å². The highest BCUT2D eigenvalue weighted by atomic mass is 16.5. The van der Waals surface area contributed by atoms with Crippen LogP contribution in [0.2, 0.25) is 0 Å². The molecule has 1 aromatic heterocycles. The van der Waals surface area contributed by atoms with Crippen LogP contribution >= 0.6 is 0 Å². The molecule has 0 fully saturated rings. The van der Waals surface area contributed by atoms with E-state index in [-0.39, 0.29) is 11.2 Å². The third kappa shape index (κ3) is 10.4. The van der Waals surface area contributed by atoms with Gasteiger partial charge >= 0.3 is 17.9 Å². The van der Waals surface area contributed by atoms with Crippen LogP contribution in [0.3, 0.4) is 0 Å². The van der Waals surface area contributed by atoms with Gasteiger partial charge < -0.3 is 29.0 Å². The minimum absolute atomic E-state index is 0.121. The molecule has 9 heteroatoms. The van der Waals surface area contributed by atoms with Gasteiger partial charge in [-0.2, -0.15) is 0 Å². The Labute approximate surface area is 199 Å². The fraction of sp³-hybridized carbons (Fsp3) is 0.400. The lowest BCUT2D eigenvalue weighted by atomic mass is 9.94. The number of benzene rings is 1. The van der Waals surface area contributed by atoms with Crippen molar-refractivity contribution in [3.63, 3.8) is 0 Å². The Hall–Kier alpha value is -3.59. The van der Waals surface area contributed by atoms with Crippen LogP contribution < -0.4 is 4.74 Å². The Bertz CT molecular complexity index is 957. The van der Waals surface area contributed by atoms with E-state index in [9.17, 15) is 14.4 Å². The van der Waals surface area contributed by atoms with Crippen LogP contribution in [-0.2, 0) is 14.3 Å². The molecule has 0 saturated carbocycles. The fourth-order valence-corrected chi connectivity index (χ4v) is 2.95. The summed E-state index contributed by atoms with van der Waals surface area (Å²) in [6.07, 6.45) is 1.12. The number of rotatable bonds is 11. The molecule has 0 radical (unpaired) electrons. The lowest BCUT2D eigenvalue weighted by Crippen LogP contribution is -2.37. The summed E-state index contributed by atoms with van der Waals surface area (Å²) in [5, 5.41) is 15.6. The molecular formula is C25H33NO8. The minimum Gasteiger partial charge on any atom is -0.497 e. The monoisotopic (exact) mass is 475 g/mol. The Kier molecular flexibility index (Phi) is 11.6. The van der Waals surface area contributed by atoms with Gasteiger partial charge in [-0.25, -0.2) is 14.4 Å². The van der Waals surface area contributed by atoms with Crippen LogP contribution in [-0.4, -0.2) is 66.4 Å². The molecule has 0 unspecified atom stereocenters. The first-order valence-electron chi connectivity index (χ1n) is 10.8. The van der Waals surface area contributed by atoms with E-state index in [1.165, 1.54) is 0 Å². The van der Waals surface area contributed by atoms with Crippen molar-refractivity contribution in [1.82, 2.24) is 4.90 Å². The van der Waals surface area contributed by atoms with Crippen molar-refractivity contribution in [2.45, 2.75) is 27.7 Å². The molecule has 1 aromatic carbocycles. The number of hydrogen-bond acceptors (Lipinski definition) is 7. The topological polar surface area (TPSA) is 127 Å². The second-order valence-corrected chi connectivity index (χ2v) is 8.11. The minimum atomic E-state index is -1.26. The molecule has 2 rings (SSSR count). The molecule has 0 aliphatic carbocycles. The number of nitrogens with zero attached hydrogens (tertiary/aromatic N) is 1. The van der Waals surface area contributed by atoms with Crippen LogP contribution in [0.1, 0.15) is 38.2 Å². The van der Waals surface area contributed by atoms with Gasteiger partial charge in [0, 0.05) is 29.7 Å². The average molecular weight is 476 g/mol. The number of hydrogen-bond donors (Lipinski definition) is 2. The van der Waals surface area contributed by atoms with Gasteiger partial charge in [-0.1, -0.05) is 39.8 Å². The van der Waals surface area contributed by atoms with Gasteiger partial charge in [0.25, 0.3) is 0 Å². The summed E-state index contributed by atoms with van der Waals surface area (Å²) in [5.41, 5.74) is 0.731. The number of carbonyl (C=O) groups is 3. The summed E-state index contributed by atoms with van der Waals surface area (Å²) in [7, 11) is 1.62. The van der Waals surface area contributed by atoms with Gasteiger partial charge in [0.2, 0.25) is 5.76 Å². The molecule has 0 saturated heterocycles. The summed E-state index contributed by atoms with van der Waals surface area (Å²) < 4.78 is 16.4. The highest BCUT2D eigenvalue weighted by molar-refractivity contribution is 5.89. The lowest BCUT2D eigenvalue weighted by molar-refractivity contribution is -0.134. The molecule has 0 amide bonds. The van der Waals surface area contributed by atoms with Gasteiger partial charge in [-0.3, -0.25) is 0 Å². The van der Waals surface area contributed by atoms with Crippen molar-refractivity contribution in [2.75, 3.05) is 33.4 Å². The largest absolute Gasteiger partial charge is 0.497 e. The molecule has 0 aliphatic heterocycles. The zero-order valence-corrected chi connectivity index (χ0v) is 20.2. The maximum atomic E-state index is 12.3. The third-order valence-corrected chi connectivity index (χ3v) is 4.67. The standard InChI is InChI=1S/C21H29NO4.C4H4O4/c1-6-22(7-2)14-21(3,4)15-25-20(23)19-12-11-18(26-19)16-9-8-10-17(13-16)24-5;5-3(6)1-2-4(7)8/h8-13H,6-7,14-15H2,1-5H3;1-2H,(H,5,6)(H,7,8). The number of furan rings is 1. The van der Waals surface area contributed by atoms with Crippen LogP contribution in [0.15, 0.2) is 53.0 Å². The number of carboxylic acid groups (broad SMARTS) is 2. The number of carbonyl (C=O) groups excluding carboxylic acids is 1. The smallest absolute Gasteiger partial charge is 0.374 e. The van der Waals surface area contributed by atoms with E-state index in [1.807, 2.05) is 24.3 Å². The molecule has 0 spiro atoms. The van der Waals surface area contributed by atoms with Crippen molar-refractivity contribution in [3.8, 4) is 17.1 Å². The Morgan fingerprint density at radius 2 is 1.65 bits per heavy atom. The molecule has 186 valence electrons. The molecule has 0 aliphatic rings. The molecule has 0 atom stereocenters. The average Bonchev–Trinajstić information content (AvgIpc) is 3.31. The summed E-state index contributed by atoms with van der Waals surface area (Å²) in [6, 6.07) is 10.9. The van der Waals surface area contributed by atoms with Gasteiger partial charge in [0.1, 0.15) is 11.5 Å². The number of methoxy groups -OCH3 is 1. The molecule has 9 nitrogen and oxygen atoms in total. The van der Waals surface area contributed by atoms with Crippen molar-refractivity contribution in [3.05, 3.63) is 54.3 Å². The third-order valence-electron chi connectivity index (χ3n) is 4.67. The number of aliphatic carboxylic acids is 2.